The Hall–Kier alpha value is -2.16. The molecule has 1 amide bonds. The average molecular weight is 228 g/mol. The summed E-state index contributed by atoms with van der Waals surface area (Å²) in [6.45, 7) is 0.311. The van der Waals surface area contributed by atoms with E-state index in [4.69, 9.17) is 0 Å². The summed E-state index contributed by atoms with van der Waals surface area (Å²) in [6, 6.07) is 15.6. The summed E-state index contributed by atoms with van der Waals surface area (Å²) in [5.74, 6) is -0.424. The number of hydrogen-bond acceptors (Lipinski definition) is 1. The van der Waals surface area contributed by atoms with Gasteiger partial charge in [0.25, 0.3) is 0 Å². The van der Waals surface area contributed by atoms with Crippen LogP contribution >= 0.6 is 0 Å². The number of rotatable bonds is 4. The normalized spacial score (nSPS) is 9.94. The smallest absolute Gasteiger partial charge is 0.297 e. The Bertz CT molecular complexity index is 499. The van der Waals surface area contributed by atoms with Gasteiger partial charge < -0.3 is 0 Å². The van der Waals surface area contributed by atoms with Gasteiger partial charge in [0.05, 0.1) is 12.2 Å². The van der Waals surface area contributed by atoms with Crippen molar-refractivity contribution in [2.45, 2.75) is 6.54 Å². The first-order valence-corrected chi connectivity index (χ1v) is 5.25. The second-order valence-corrected chi connectivity index (χ2v) is 3.61. The lowest BCUT2D eigenvalue weighted by Gasteiger charge is -2.16. The molecule has 0 saturated carbocycles. The quantitative estimate of drug-likeness (QED) is 0.737. The van der Waals surface area contributed by atoms with E-state index in [1.807, 2.05) is 30.3 Å². The van der Waals surface area contributed by atoms with Gasteiger partial charge in [0.1, 0.15) is 5.82 Å². The highest BCUT2D eigenvalue weighted by atomic mass is 19.1. The Morgan fingerprint density at radius 1 is 1.00 bits per heavy atom. The van der Waals surface area contributed by atoms with Gasteiger partial charge in [-0.3, -0.25) is 9.69 Å². The van der Waals surface area contributed by atoms with Crippen molar-refractivity contribution >= 4 is 12.1 Å². The molecule has 3 heteroatoms. The minimum absolute atomic E-state index is 0.242. The Morgan fingerprint density at radius 3 is 2.29 bits per heavy atom. The summed E-state index contributed by atoms with van der Waals surface area (Å²) in [6.07, 6.45) is 1.75. The lowest BCUT2D eigenvalue weighted by Crippen LogP contribution is -2.21. The van der Waals surface area contributed by atoms with Crippen molar-refractivity contribution in [3.05, 3.63) is 66.0 Å². The molecule has 0 aromatic heterocycles. The van der Waals surface area contributed by atoms with Crippen molar-refractivity contribution in [1.29, 1.82) is 0 Å². The Balaban J connectivity index is 2.24. The summed E-state index contributed by atoms with van der Waals surface area (Å²) in [5.41, 5.74) is 1.17. The van der Waals surface area contributed by atoms with Crippen molar-refractivity contribution in [2.24, 2.45) is 0 Å². The Morgan fingerprint density at radius 2 is 1.65 bits per heavy atom. The molecule has 0 bridgehead atoms. The third kappa shape index (κ3) is 2.69. The van der Waals surface area contributed by atoms with E-state index in [-0.39, 0.29) is 5.69 Å². The number of para-hydroxylation sites is 1. The first kappa shape index (κ1) is 11.3. The molecule has 1 radical (unpaired) electrons. The van der Waals surface area contributed by atoms with E-state index in [1.165, 1.54) is 11.0 Å². The van der Waals surface area contributed by atoms with Crippen LogP contribution in [0.15, 0.2) is 54.6 Å². The third-order valence-electron chi connectivity index (χ3n) is 2.44. The second kappa shape index (κ2) is 5.25. The van der Waals surface area contributed by atoms with Gasteiger partial charge in [-0.15, -0.1) is 0 Å². The summed E-state index contributed by atoms with van der Waals surface area (Å²) < 4.78 is 13.5. The molecule has 85 valence electrons. The molecule has 0 saturated heterocycles. The summed E-state index contributed by atoms with van der Waals surface area (Å²) in [4.78, 5) is 12.1. The molecule has 0 fully saturated rings. The van der Waals surface area contributed by atoms with Crippen molar-refractivity contribution < 1.29 is 9.18 Å². The molecule has 0 N–H and O–H groups in total. The molecule has 2 aromatic carbocycles. The van der Waals surface area contributed by atoms with Crippen LogP contribution in [0.2, 0.25) is 0 Å². The minimum atomic E-state index is -0.424. The summed E-state index contributed by atoms with van der Waals surface area (Å²) in [7, 11) is 0. The van der Waals surface area contributed by atoms with E-state index >= 15 is 0 Å². The number of hydrogen-bond donors (Lipinski definition) is 0. The van der Waals surface area contributed by atoms with Crippen LogP contribution in [-0.4, -0.2) is 6.41 Å². The molecular weight excluding hydrogens is 217 g/mol. The largest absolute Gasteiger partial charge is 0.317 e. The maximum absolute atomic E-state index is 13.5. The van der Waals surface area contributed by atoms with Crippen molar-refractivity contribution in [3.8, 4) is 0 Å². The fourth-order valence-electron chi connectivity index (χ4n) is 1.60. The highest BCUT2D eigenvalue weighted by Crippen LogP contribution is 2.19. The van der Waals surface area contributed by atoms with E-state index in [9.17, 15) is 9.18 Å². The molecule has 0 spiro atoms. The number of carbonyl (C=O) groups excluding carboxylic acids is 1. The SMILES string of the molecule is O=[C]N(Cc1ccccc1)c1ccccc1F. The lowest BCUT2D eigenvalue weighted by molar-refractivity contribution is 0.548. The van der Waals surface area contributed by atoms with Crippen molar-refractivity contribution in [1.82, 2.24) is 0 Å². The van der Waals surface area contributed by atoms with E-state index in [0.29, 0.717) is 6.54 Å². The minimum Gasteiger partial charge on any atom is -0.297 e. The predicted octanol–water partition coefficient (Wildman–Crippen LogP) is 2.90. The Labute approximate surface area is 99.3 Å². The zero-order valence-corrected chi connectivity index (χ0v) is 9.14. The second-order valence-electron chi connectivity index (χ2n) is 3.61. The van der Waals surface area contributed by atoms with E-state index < -0.39 is 5.82 Å². The molecular formula is C14H11FNO. The molecule has 2 aromatic rings. The highest BCUT2D eigenvalue weighted by molar-refractivity contribution is 5.75. The summed E-state index contributed by atoms with van der Waals surface area (Å²) >= 11 is 0. The first-order chi connectivity index (χ1) is 8.31. The fourth-order valence-corrected chi connectivity index (χ4v) is 1.60. The van der Waals surface area contributed by atoms with Gasteiger partial charge in [-0.2, -0.15) is 0 Å². The number of anilines is 1. The van der Waals surface area contributed by atoms with Gasteiger partial charge in [-0.05, 0) is 17.7 Å². The van der Waals surface area contributed by atoms with Crippen molar-refractivity contribution in [3.63, 3.8) is 0 Å². The summed E-state index contributed by atoms with van der Waals surface area (Å²) in [5, 5.41) is 0. The van der Waals surface area contributed by atoms with Gasteiger partial charge in [0.2, 0.25) is 0 Å². The molecule has 2 rings (SSSR count). The lowest BCUT2D eigenvalue weighted by atomic mass is 10.2. The molecule has 0 heterocycles. The van der Waals surface area contributed by atoms with Gasteiger partial charge in [-0.1, -0.05) is 42.5 Å². The highest BCUT2D eigenvalue weighted by Gasteiger charge is 2.11. The Kier molecular flexibility index (Phi) is 3.50. The zero-order valence-electron chi connectivity index (χ0n) is 9.14. The van der Waals surface area contributed by atoms with Crippen LogP contribution in [0.4, 0.5) is 10.1 Å². The zero-order chi connectivity index (χ0) is 12.1. The first-order valence-electron chi connectivity index (χ1n) is 5.25. The van der Waals surface area contributed by atoms with Gasteiger partial charge >= 0.3 is 6.41 Å². The molecule has 0 aliphatic carbocycles. The molecule has 0 aliphatic heterocycles. The van der Waals surface area contributed by atoms with Crippen LogP contribution in [0.25, 0.3) is 0 Å². The van der Waals surface area contributed by atoms with Gasteiger partial charge in [-0.25, -0.2) is 4.39 Å². The van der Waals surface area contributed by atoms with Crippen LogP contribution in [0.3, 0.4) is 0 Å². The van der Waals surface area contributed by atoms with E-state index in [2.05, 4.69) is 0 Å². The van der Waals surface area contributed by atoms with Crippen LogP contribution in [0, 0.1) is 5.82 Å². The number of benzene rings is 2. The molecule has 0 unspecified atom stereocenters. The maximum Gasteiger partial charge on any atom is 0.317 e. The number of halogens is 1. The van der Waals surface area contributed by atoms with Gasteiger partial charge in [0.15, 0.2) is 0 Å². The standard InChI is InChI=1S/C14H11FNO/c15-13-8-4-5-9-14(13)16(11-17)10-12-6-2-1-3-7-12/h1-9H,10H2. The molecule has 2 nitrogen and oxygen atoms in total. The average Bonchev–Trinajstić information content (AvgIpc) is 2.38. The maximum atomic E-state index is 13.5. The molecule has 0 aliphatic rings. The number of nitrogens with zero attached hydrogens (tertiary/aromatic N) is 1. The third-order valence-corrected chi connectivity index (χ3v) is 2.44. The van der Waals surface area contributed by atoms with E-state index in [1.54, 1.807) is 24.6 Å². The van der Waals surface area contributed by atoms with Crippen LogP contribution in [-0.2, 0) is 11.3 Å². The monoisotopic (exact) mass is 228 g/mol. The van der Waals surface area contributed by atoms with Crippen LogP contribution in [0.5, 0.6) is 0 Å². The fraction of sp³-hybridized carbons (Fsp3) is 0.0714. The van der Waals surface area contributed by atoms with Gasteiger partial charge in [0, 0.05) is 0 Å². The molecule has 17 heavy (non-hydrogen) atoms. The number of amides is 1. The predicted molar refractivity (Wildman–Crippen MR) is 64.7 cm³/mol. The topological polar surface area (TPSA) is 20.3 Å². The van der Waals surface area contributed by atoms with Crippen LogP contribution < -0.4 is 4.90 Å². The van der Waals surface area contributed by atoms with E-state index in [0.717, 1.165) is 5.56 Å². The van der Waals surface area contributed by atoms with Crippen LogP contribution in [0.1, 0.15) is 5.56 Å². The van der Waals surface area contributed by atoms with Crippen molar-refractivity contribution in [2.75, 3.05) is 4.90 Å². The molecule has 0 atom stereocenters.